The predicted molar refractivity (Wildman–Crippen MR) is 56.0 cm³/mol. The second-order valence-corrected chi connectivity index (χ2v) is 6.62. The molecule has 0 aromatic heterocycles. The number of sulfonamides is 1. The van der Waals surface area contributed by atoms with Gasteiger partial charge in [0.25, 0.3) is 0 Å². The van der Waals surface area contributed by atoms with Crippen molar-refractivity contribution in [3.05, 3.63) is 0 Å². The van der Waals surface area contributed by atoms with Gasteiger partial charge in [-0.15, -0.1) is 0 Å². The van der Waals surface area contributed by atoms with Gasteiger partial charge in [0.15, 0.2) is 0 Å². The van der Waals surface area contributed by atoms with Gasteiger partial charge in [0.05, 0.1) is 11.2 Å². The molecule has 1 rings (SSSR count). The van der Waals surface area contributed by atoms with E-state index >= 15 is 0 Å². The molecule has 6 heteroatoms. The number of piperidine rings is 1. The quantitative estimate of drug-likeness (QED) is 0.774. The van der Waals surface area contributed by atoms with Crippen LogP contribution in [0.1, 0.15) is 26.7 Å². The zero-order valence-electron chi connectivity index (χ0n) is 9.01. The molecule has 0 aromatic carbocycles. The molecule has 0 aromatic rings. The Morgan fingerprint density at radius 3 is 2.53 bits per heavy atom. The van der Waals surface area contributed by atoms with Crippen molar-refractivity contribution in [3.63, 3.8) is 0 Å². The maximum Gasteiger partial charge on any atom is 0.307 e. The number of carbonyl (C=O) groups is 1. The van der Waals surface area contributed by atoms with E-state index < -0.39 is 27.2 Å². The summed E-state index contributed by atoms with van der Waals surface area (Å²) in [7, 11) is -3.30. The topological polar surface area (TPSA) is 74.7 Å². The Kier molecular flexibility index (Phi) is 3.72. The van der Waals surface area contributed by atoms with Gasteiger partial charge in [-0.05, 0) is 26.7 Å². The van der Waals surface area contributed by atoms with Crippen LogP contribution in [0.2, 0.25) is 0 Å². The fourth-order valence-electron chi connectivity index (χ4n) is 1.67. The molecule has 1 aliphatic rings. The van der Waals surface area contributed by atoms with Crippen molar-refractivity contribution >= 4 is 16.0 Å². The van der Waals surface area contributed by atoms with Crippen LogP contribution in [-0.4, -0.2) is 42.1 Å². The van der Waals surface area contributed by atoms with E-state index in [1.807, 2.05) is 0 Å². The first-order valence-electron chi connectivity index (χ1n) is 5.07. The molecule has 0 unspecified atom stereocenters. The first-order chi connectivity index (χ1) is 6.85. The number of hydrogen-bond acceptors (Lipinski definition) is 3. The molecule has 1 fully saturated rings. The Labute approximate surface area is 90.1 Å². The maximum atomic E-state index is 11.8. The standard InChI is InChI=1S/C9H17NO4S/c1-7(2)15(13,14)10-5-3-4-8(6-10)9(11)12/h7-8H,3-6H2,1-2H3,(H,11,12)/t8-/m1/s1. The van der Waals surface area contributed by atoms with Gasteiger partial charge in [-0.1, -0.05) is 0 Å². The lowest BCUT2D eigenvalue weighted by atomic mass is 10.0. The zero-order valence-corrected chi connectivity index (χ0v) is 9.83. The summed E-state index contributed by atoms with van der Waals surface area (Å²) in [4.78, 5) is 10.8. The van der Waals surface area contributed by atoms with Crippen LogP contribution in [0, 0.1) is 5.92 Å². The molecule has 0 amide bonds. The summed E-state index contributed by atoms with van der Waals surface area (Å²) in [5.74, 6) is -1.45. The Morgan fingerprint density at radius 1 is 1.47 bits per heavy atom. The van der Waals surface area contributed by atoms with Gasteiger partial charge in [0.2, 0.25) is 10.0 Å². The highest BCUT2D eigenvalue weighted by Gasteiger charge is 2.33. The van der Waals surface area contributed by atoms with Crippen LogP contribution in [-0.2, 0) is 14.8 Å². The average Bonchev–Trinajstić information content (AvgIpc) is 2.17. The third-order valence-corrected chi connectivity index (χ3v) is 4.93. The number of hydrogen-bond donors (Lipinski definition) is 1. The second-order valence-electron chi connectivity index (χ2n) is 4.13. The lowest BCUT2D eigenvalue weighted by Gasteiger charge is -2.31. The van der Waals surface area contributed by atoms with Crippen LogP contribution in [0.5, 0.6) is 0 Å². The van der Waals surface area contributed by atoms with Crippen LogP contribution in [0.4, 0.5) is 0 Å². The number of carboxylic acid groups (broad SMARTS) is 1. The average molecular weight is 235 g/mol. The molecule has 88 valence electrons. The van der Waals surface area contributed by atoms with Crippen LogP contribution >= 0.6 is 0 Å². The molecule has 1 saturated heterocycles. The van der Waals surface area contributed by atoms with Crippen molar-refractivity contribution in [3.8, 4) is 0 Å². The summed E-state index contributed by atoms with van der Waals surface area (Å²) >= 11 is 0. The summed E-state index contributed by atoms with van der Waals surface area (Å²) < 4.78 is 24.9. The molecule has 5 nitrogen and oxygen atoms in total. The zero-order chi connectivity index (χ0) is 11.6. The van der Waals surface area contributed by atoms with Crippen LogP contribution in [0.25, 0.3) is 0 Å². The molecule has 0 spiro atoms. The van der Waals surface area contributed by atoms with Gasteiger partial charge in [-0.2, -0.15) is 0 Å². The van der Waals surface area contributed by atoms with E-state index in [0.717, 1.165) is 0 Å². The Morgan fingerprint density at radius 2 is 2.07 bits per heavy atom. The Hall–Kier alpha value is -0.620. The minimum absolute atomic E-state index is 0.121. The Bertz CT molecular complexity index is 336. The molecular formula is C9H17NO4S. The largest absolute Gasteiger partial charge is 0.481 e. The number of rotatable bonds is 3. The second kappa shape index (κ2) is 4.49. The lowest BCUT2D eigenvalue weighted by molar-refractivity contribution is -0.142. The summed E-state index contributed by atoms with van der Waals surface area (Å²) in [6.45, 7) is 3.79. The fourth-order valence-corrected chi connectivity index (χ4v) is 3.04. The van der Waals surface area contributed by atoms with E-state index in [0.29, 0.717) is 19.4 Å². The molecule has 1 aliphatic heterocycles. The SMILES string of the molecule is CC(C)S(=O)(=O)N1CCC[C@@H](C(=O)O)C1. The van der Waals surface area contributed by atoms with Gasteiger partial charge >= 0.3 is 5.97 Å². The molecule has 0 bridgehead atoms. The van der Waals surface area contributed by atoms with Gasteiger partial charge in [0.1, 0.15) is 0 Å². The van der Waals surface area contributed by atoms with Crippen LogP contribution in [0.3, 0.4) is 0 Å². The van der Waals surface area contributed by atoms with Crippen LogP contribution < -0.4 is 0 Å². The third kappa shape index (κ3) is 2.69. The van der Waals surface area contributed by atoms with Crippen LogP contribution in [0.15, 0.2) is 0 Å². The van der Waals surface area contributed by atoms with Gasteiger partial charge in [0, 0.05) is 13.1 Å². The smallest absolute Gasteiger partial charge is 0.307 e. The first-order valence-corrected chi connectivity index (χ1v) is 6.57. The van der Waals surface area contributed by atoms with Gasteiger partial charge in [-0.3, -0.25) is 4.79 Å². The fraction of sp³-hybridized carbons (Fsp3) is 0.889. The Balaban J connectivity index is 2.77. The molecule has 0 saturated carbocycles. The molecule has 1 atom stereocenters. The number of nitrogens with zero attached hydrogens (tertiary/aromatic N) is 1. The number of aliphatic carboxylic acids is 1. The van der Waals surface area contributed by atoms with Gasteiger partial charge in [-0.25, -0.2) is 12.7 Å². The molecule has 0 radical (unpaired) electrons. The monoisotopic (exact) mass is 235 g/mol. The molecule has 1 N–H and O–H groups in total. The predicted octanol–water partition coefficient (Wildman–Crippen LogP) is 0.521. The maximum absolute atomic E-state index is 11.8. The molecule has 0 aliphatic carbocycles. The van der Waals surface area contributed by atoms with Crippen molar-refractivity contribution in [1.29, 1.82) is 0 Å². The van der Waals surface area contributed by atoms with Crippen molar-refractivity contribution < 1.29 is 18.3 Å². The number of carboxylic acids is 1. The highest BCUT2D eigenvalue weighted by atomic mass is 32.2. The first kappa shape index (κ1) is 12.4. The van der Waals surface area contributed by atoms with E-state index in [4.69, 9.17) is 5.11 Å². The van der Waals surface area contributed by atoms with E-state index in [1.54, 1.807) is 13.8 Å². The normalized spacial score (nSPS) is 24.3. The molecule has 1 heterocycles. The minimum Gasteiger partial charge on any atom is -0.481 e. The minimum atomic E-state index is -3.30. The van der Waals surface area contributed by atoms with E-state index in [9.17, 15) is 13.2 Å². The van der Waals surface area contributed by atoms with Crippen molar-refractivity contribution in [2.75, 3.05) is 13.1 Å². The van der Waals surface area contributed by atoms with E-state index in [-0.39, 0.29) is 6.54 Å². The van der Waals surface area contributed by atoms with Crippen molar-refractivity contribution in [2.45, 2.75) is 31.9 Å². The van der Waals surface area contributed by atoms with E-state index in [2.05, 4.69) is 0 Å². The van der Waals surface area contributed by atoms with Gasteiger partial charge < -0.3 is 5.11 Å². The van der Waals surface area contributed by atoms with E-state index in [1.165, 1.54) is 4.31 Å². The molecule has 15 heavy (non-hydrogen) atoms. The third-order valence-electron chi connectivity index (χ3n) is 2.69. The lowest BCUT2D eigenvalue weighted by Crippen LogP contribution is -2.44. The van der Waals surface area contributed by atoms with Crippen molar-refractivity contribution in [1.82, 2.24) is 4.31 Å². The summed E-state index contributed by atoms with van der Waals surface area (Å²) in [6.07, 6.45) is 1.20. The van der Waals surface area contributed by atoms with Crippen molar-refractivity contribution in [2.24, 2.45) is 5.92 Å². The summed E-state index contributed by atoms with van der Waals surface area (Å²) in [6, 6.07) is 0. The molecular weight excluding hydrogens is 218 g/mol. The highest BCUT2D eigenvalue weighted by Crippen LogP contribution is 2.21. The summed E-state index contributed by atoms with van der Waals surface area (Å²) in [5, 5.41) is 8.36. The summed E-state index contributed by atoms with van der Waals surface area (Å²) in [5.41, 5.74) is 0. The highest BCUT2D eigenvalue weighted by molar-refractivity contribution is 7.89.